The Bertz CT molecular complexity index is 1270. The van der Waals surface area contributed by atoms with Crippen molar-refractivity contribution in [2.75, 3.05) is 13.6 Å². The number of allylic oxidation sites excluding steroid dienone is 4. The standard InChI is InChI=1S/C19H19F3N4O.C8H9Cl2NO/c1-23-12-2-3-14-4-6-15(7-5-14)18-24-13-26(25-18)16-8-10-17(11-9-16)27-19(20,21)22;1-3-6(9)8(11-5-12)7(10)4-2/h4-11,13,23H,2-3,12H2,1H3;3-5H,1H2,2H3,(H,11,12)/b;7-4+,8-6-. The molecule has 12 heteroatoms. The van der Waals surface area contributed by atoms with Crippen LogP contribution in [0.4, 0.5) is 13.2 Å². The predicted molar refractivity (Wildman–Crippen MR) is 148 cm³/mol. The minimum absolute atomic E-state index is 0.277. The zero-order valence-corrected chi connectivity index (χ0v) is 22.8. The van der Waals surface area contributed by atoms with Gasteiger partial charge in [0.25, 0.3) is 0 Å². The first-order valence-corrected chi connectivity index (χ1v) is 12.4. The lowest BCUT2D eigenvalue weighted by Crippen LogP contribution is -2.17. The number of aromatic nitrogens is 3. The fourth-order valence-corrected chi connectivity index (χ4v) is 3.53. The molecule has 3 rings (SSSR count). The van der Waals surface area contributed by atoms with Gasteiger partial charge >= 0.3 is 6.36 Å². The minimum Gasteiger partial charge on any atom is -0.406 e. The van der Waals surface area contributed by atoms with Crippen LogP contribution in [0.25, 0.3) is 17.1 Å². The van der Waals surface area contributed by atoms with E-state index in [4.69, 9.17) is 23.2 Å². The number of hydrogen-bond donors (Lipinski definition) is 2. The number of nitrogens with zero attached hydrogens (tertiary/aromatic N) is 3. The monoisotopic (exact) mass is 581 g/mol. The van der Waals surface area contributed by atoms with Gasteiger partial charge in [0.2, 0.25) is 6.41 Å². The quantitative estimate of drug-likeness (QED) is 0.153. The Balaban J connectivity index is 0.000000377. The maximum Gasteiger partial charge on any atom is 0.573 e. The average Bonchev–Trinajstić information content (AvgIpc) is 3.42. The molecule has 7 nitrogen and oxygen atoms in total. The summed E-state index contributed by atoms with van der Waals surface area (Å²) in [6.07, 6.45) is 2.41. The third-order valence-electron chi connectivity index (χ3n) is 5.04. The highest BCUT2D eigenvalue weighted by atomic mass is 35.5. The molecule has 0 saturated heterocycles. The third kappa shape index (κ3) is 10.6. The number of nitrogens with one attached hydrogen (secondary N) is 2. The SMILES string of the molecule is C=C/C(Cl)=C(NC=O)\C(Cl)=C/C.CNCCCc1ccc(-c2ncn(-c3ccc(OC(F)(F)F)cc3)n2)cc1. The van der Waals surface area contributed by atoms with Gasteiger partial charge in [-0.3, -0.25) is 4.79 Å². The van der Waals surface area contributed by atoms with Gasteiger partial charge in [-0.05, 0) is 69.3 Å². The number of carbonyl (C=O) groups excluding carboxylic acids is 1. The summed E-state index contributed by atoms with van der Waals surface area (Å²) in [5, 5.41) is 10.6. The van der Waals surface area contributed by atoms with Gasteiger partial charge < -0.3 is 15.4 Å². The second-order valence-corrected chi connectivity index (χ2v) is 8.60. The molecule has 0 saturated carbocycles. The Morgan fingerprint density at radius 2 is 1.79 bits per heavy atom. The second-order valence-electron chi connectivity index (χ2n) is 7.78. The number of amides is 1. The van der Waals surface area contributed by atoms with Gasteiger partial charge in [-0.15, -0.1) is 18.3 Å². The van der Waals surface area contributed by atoms with E-state index in [-0.39, 0.29) is 5.75 Å². The Hall–Kier alpha value is -3.60. The van der Waals surface area contributed by atoms with Crippen LogP contribution in [-0.2, 0) is 11.2 Å². The Labute approximate surface area is 235 Å². The van der Waals surface area contributed by atoms with Crippen molar-refractivity contribution in [3.05, 3.63) is 94.9 Å². The lowest BCUT2D eigenvalue weighted by atomic mass is 10.1. The molecule has 0 aliphatic carbocycles. The molecule has 0 aliphatic rings. The minimum atomic E-state index is -4.71. The van der Waals surface area contributed by atoms with Crippen LogP contribution in [0.2, 0.25) is 0 Å². The number of benzene rings is 2. The first kappa shape index (κ1) is 31.6. The molecule has 39 heavy (non-hydrogen) atoms. The molecule has 0 spiro atoms. The number of alkyl halides is 3. The maximum atomic E-state index is 12.2. The molecule has 0 unspecified atom stereocenters. The van der Waals surface area contributed by atoms with Crippen molar-refractivity contribution in [1.29, 1.82) is 0 Å². The number of carbonyl (C=O) groups is 1. The highest BCUT2D eigenvalue weighted by Crippen LogP contribution is 2.24. The van der Waals surface area contributed by atoms with Gasteiger partial charge in [0.1, 0.15) is 12.1 Å². The van der Waals surface area contributed by atoms with Gasteiger partial charge in [-0.25, -0.2) is 9.67 Å². The first-order valence-electron chi connectivity index (χ1n) is 11.7. The summed E-state index contributed by atoms with van der Waals surface area (Å²) in [6, 6.07) is 13.5. The highest BCUT2D eigenvalue weighted by Gasteiger charge is 2.31. The second kappa shape index (κ2) is 15.7. The number of rotatable bonds is 11. The smallest absolute Gasteiger partial charge is 0.406 e. The highest BCUT2D eigenvalue weighted by molar-refractivity contribution is 6.36. The average molecular weight is 582 g/mol. The lowest BCUT2D eigenvalue weighted by molar-refractivity contribution is -0.274. The van der Waals surface area contributed by atoms with E-state index in [0.717, 1.165) is 24.9 Å². The first-order chi connectivity index (χ1) is 18.6. The molecule has 0 atom stereocenters. The molecule has 3 aromatic rings. The summed E-state index contributed by atoms with van der Waals surface area (Å²) in [5.74, 6) is 0.271. The van der Waals surface area contributed by atoms with Crippen LogP contribution in [0, 0.1) is 0 Å². The van der Waals surface area contributed by atoms with Crippen molar-refractivity contribution in [3.63, 3.8) is 0 Å². The van der Waals surface area contributed by atoms with Gasteiger partial charge in [0, 0.05) is 5.56 Å². The largest absolute Gasteiger partial charge is 0.573 e. The van der Waals surface area contributed by atoms with E-state index in [1.807, 2.05) is 19.2 Å². The van der Waals surface area contributed by atoms with Crippen molar-refractivity contribution < 1.29 is 22.7 Å². The fourth-order valence-electron chi connectivity index (χ4n) is 3.17. The van der Waals surface area contributed by atoms with E-state index in [1.165, 1.54) is 46.9 Å². The normalized spacial score (nSPS) is 12.1. The van der Waals surface area contributed by atoms with E-state index in [0.29, 0.717) is 33.7 Å². The van der Waals surface area contributed by atoms with Crippen molar-refractivity contribution >= 4 is 29.6 Å². The molecule has 208 valence electrons. The predicted octanol–water partition coefficient (Wildman–Crippen LogP) is 6.50. The van der Waals surface area contributed by atoms with Gasteiger partial charge in [-0.2, -0.15) is 0 Å². The Kier molecular flexibility index (Phi) is 12.7. The topological polar surface area (TPSA) is 81.1 Å². The lowest BCUT2D eigenvalue weighted by Gasteiger charge is -2.09. The van der Waals surface area contributed by atoms with Crippen LogP contribution in [0.3, 0.4) is 0 Å². The number of halogens is 5. The molecule has 0 radical (unpaired) electrons. The van der Waals surface area contributed by atoms with Crippen LogP contribution < -0.4 is 15.4 Å². The van der Waals surface area contributed by atoms with Crippen LogP contribution >= 0.6 is 23.2 Å². The van der Waals surface area contributed by atoms with Crippen molar-refractivity contribution in [1.82, 2.24) is 25.4 Å². The Morgan fingerprint density at radius 1 is 1.13 bits per heavy atom. The molecule has 1 heterocycles. The fraction of sp³-hybridized carbons (Fsp3) is 0.222. The molecular weight excluding hydrogens is 554 g/mol. The summed E-state index contributed by atoms with van der Waals surface area (Å²) in [4.78, 5) is 14.4. The van der Waals surface area contributed by atoms with Crippen molar-refractivity contribution in [2.24, 2.45) is 0 Å². The van der Waals surface area contributed by atoms with Gasteiger partial charge in [-0.1, -0.05) is 60.1 Å². The summed E-state index contributed by atoms with van der Waals surface area (Å²) in [7, 11) is 1.93. The summed E-state index contributed by atoms with van der Waals surface area (Å²) < 4.78 is 42.0. The number of hydrogen-bond acceptors (Lipinski definition) is 5. The maximum absolute atomic E-state index is 12.2. The van der Waals surface area contributed by atoms with Crippen LogP contribution in [-0.4, -0.2) is 41.1 Å². The molecule has 0 bridgehead atoms. The van der Waals surface area contributed by atoms with E-state index >= 15 is 0 Å². The van der Waals surface area contributed by atoms with Gasteiger partial charge in [0.15, 0.2) is 5.82 Å². The zero-order chi connectivity index (χ0) is 28.8. The van der Waals surface area contributed by atoms with Crippen LogP contribution in [0.5, 0.6) is 5.75 Å². The third-order valence-corrected chi connectivity index (χ3v) is 5.80. The molecule has 1 aromatic heterocycles. The van der Waals surface area contributed by atoms with Crippen molar-refractivity contribution in [2.45, 2.75) is 26.1 Å². The molecule has 0 aliphatic heterocycles. The number of aryl methyl sites for hydroxylation is 1. The van der Waals surface area contributed by atoms with Crippen LogP contribution in [0.1, 0.15) is 18.9 Å². The molecule has 0 fully saturated rings. The van der Waals surface area contributed by atoms with Crippen LogP contribution in [0.15, 0.2) is 89.4 Å². The van der Waals surface area contributed by atoms with E-state index in [1.54, 1.807) is 13.0 Å². The Morgan fingerprint density at radius 3 is 2.33 bits per heavy atom. The molecule has 2 aromatic carbocycles. The van der Waals surface area contributed by atoms with E-state index in [2.05, 4.69) is 44.2 Å². The van der Waals surface area contributed by atoms with Crippen molar-refractivity contribution in [3.8, 4) is 22.8 Å². The summed E-state index contributed by atoms with van der Waals surface area (Å²) in [5.41, 5.74) is 3.08. The zero-order valence-electron chi connectivity index (χ0n) is 21.3. The van der Waals surface area contributed by atoms with Gasteiger partial charge in [0.05, 0.1) is 21.4 Å². The summed E-state index contributed by atoms with van der Waals surface area (Å²) in [6.45, 7) is 6.16. The molecule has 1 amide bonds. The molecular formula is C27H28Cl2F3N5O2. The van der Waals surface area contributed by atoms with E-state index in [9.17, 15) is 18.0 Å². The van der Waals surface area contributed by atoms with E-state index < -0.39 is 6.36 Å². The molecule has 2 N–H and O–H groups in total. The number of ether oxygens (including phenoxy) is 1. The summed E-state index contributed by atoms with van der Waals surface area (Å²) >= 11 is 11.4.